The van der Waals surface area contributed by atoms with Gasteiger partial charge in [-0.05, 0) is 25.8 Å². The molecule has 0 radical (unpaired) electrons. The molecular formula is C17H28IN5O2S3. The van der Waals surface area contributed by atoms with Gasteiger partial charge in [0, 0.05) is 35.3 Å². The molecule has 7 nitrogen and oxygen atoms in total. The number of thiophene rings is 1. The van der Waals surface area contributed by atoms with Crippen LogP contribution >= 0.6 is 46.7 Å². The maximum atomic E-state index is 12.4. The predicted molar refractivity (Wildman–Crippen MR) is 129 cm³/mol. The molecule has 158 valence electrons. The van der Waals surface area contributed by atoms with Crippen LogP contribution in [0.1, 0.15) is 40.2 Å². The van der Waals surface area contributed by atoms with Crippen molar-refractivity contribution >= 4 is 62.6 Å². The monoisotopic (exact) mass is 557 g/mol. The molecule has 0 unspecified atom stereocenters. The highest BCUT2D eigenvalue weighted by Gasteiger charge is 2.18. The molecule has 0 bridgehead atoms. The molecule has 0 amide bonds. The summed E-state index contributed by atoms with van der Waals surface area (Å²) in [7, 11) is -1.80. The first kappa shape index (κ1) is 25.3. The SMILES string of the molecule is CN=C(NCCNS(=O)(=O)c1cc(C)sc1C)NCc1nc(C(C)C)cs1.I. The molecule has 0 aliphatic carbocycles. The van der Waals surface area contributed by atoms with Crippen molar-refractivity contribution in [2.45, 2.75) is 45.1 Å². The maximum Gasteiger partial charge on any atom is 0.241 e. The topological polar surface area (TPSA) is 95.5 Å². The summed E-state index contributed by atoms with van der Waals surface area (Å²) in [6.45, 7) is 9.23. The number of aliphatic imine (C=N–C) groups is 1. The van der Waals surface area contributed by atoms with Gasteiger partial charge < -0.3 is 10.6 Å². The van der Waals surface area contributed by atoms with Crippen LogP contribution in [0.25, 0.3) is 0 Å². The summed E-state index contributed by atoms with van der Waals surface area (Å²) in [6, 6.07) is 1.70. The standard InChI is InChI=1S/C17H27N5O2S3.HI/c1-11(2)14-10-25-16(22-14)9-20-17(18-5)19-6-7-21-27(23,24)15-8-12(3)26-13(15)4;/h8,10-11,21H,6-7,9H2,1-5H3,(H2,18,19,20);1H. The van der Waals surface area contributed by atoms with Crippen LogP contribution in [0, 0.1) is 13.8 Å². The molecule has 0 fully saturated rings. The number of nitrogens with one attached hydrogen (secondary N) is 3. The van der Waals surface area contributed by atoms with E-state index in [1.54, 1.807) is 24.5 Å². The molecule has 0 saturated heterocycles. The van der Waals surface area contributed by atoms with Gasteiger partial charge in [-0.2, -0.15) is 0 Å². The molecule has 0 atom stereocenters. The van der Waals surface area contributed by atoms with Crippen molar-refractivity contribution in [3.05, 3.63) is 31.9 Å². The molecule has 0 aromatic carbocycles. The molecular weight excluding hydrogens is 529 g/mol. The summed E-state index contributed by atoms with van der Waals surface area (Å²) in [4.78, 5) is 10.9. The van der Waals surface area contributed by atoms with Crippen molar-refractivity contribution in [3.8, 4) is 0 Å². The van der Waals surface area contributed by atoms with E-state index in [9.17, 15) is 8.42 Å². The van der Waals surface area contributed by atoms with Crippen LogP contribution in [-0.2, 0) is 16.6 Å². The Balaban J connectivity index is 0.00000392. The Labute approximate surface area is 192 Å². The second-order valence-electron chi connectivity index (χ2n) is 6.35. The number of hydrogen-bond acceptors (Lipinski definition) is 6. The van der Waals surface area contributed by atoms with Gasteiger partial charge in [0.2, 0.25) is 10.0 Å². The van der Waals surface area contributed by atoms with Crippen molar-refractivity contribution < 1.29 is 8.42 Å². The van der Waals surface area contributed by atoms with Crippen LogP contribution in [0.2, 0.25) is 0 Å². The lowest BCUT2D eigenvalue weighted by molar-refractivity contribution is 0.580. The third-order valence-electron chi connectivity index (χ3n) is 3.79. The molecule has 2 aromatic rings. The lowest BCUT2D eigenvalue weighted by atomic mass is 10.2. The van der Waals surface area contributed by atoms with Crippen LogP contribution in [0.4, 0.5) is 0 Å². The average Bonchev–Trinajstić information content (AvgIpc) is 3.21. The largest absolute Gasteiger partial charge is 0.355 e. The zero-order chi connectivity index (χ0) is 20.0. The molecule has 2 heterocycles. The summed E-state index contributed by atoms with van der Waals surface area (Å²) in [5, 5.41) is 9.36. The molecule has 0 spiro atoms. The number of rotatable bonds is 8. The number of aryl methyl sites for hydroxylation is 2. The number of guanidine groups is 1. The summed E-state index contributed by atoms with van der Waals surface area (Å²) in [5.41, 5.74) is 1.09. The van der Waals surface area contributed by atoms with Crippen LogP contribution in [0.15, 0.2) is 21.3 Å². The van der Waals surface area contributed by atoms with E-state index in [1.807, 2.05) is 13.8 Å². The minimum atomic E-state index is -3.48. The minimum absolute atomic E-state index is 0. The molecule has 0 saturated carbocycles. The molecule has 28 heavy (non-hydrogen) atoms. The first-order valence-electron chi connectivity index (χ1n) is 8.68. The van der Waals surface area contributed by atoms with E-state index in [2.05, 4.69) is 44.6 Å². The number of thiazole rings is 1. The molecule has 0 aliphatic heterocycles. The number of nitrogens with zero attached hydrogens (tertiary/aromatic N) is 2. The Bertz CT molecular complexity index is 890. The Morgan fingerprint density at radius 3 is 2.50 bits per heavy atom. The Kier molecular flexibility index (Phi) is 10.3. The highest BCUT2D eigenvalue weighted by molar-refractivity contribution is 14.0. The Morgan fingerprint density at radius 1 is 1.25 bits per heavy atom. The maximum absolute atomic E-state index is 12.4. The zero-order valence-electron chi connectivity index (χ0n) is 16.7. The van der Waals surface area contributed by atoms with Gasteiger partial charge in [-0.15, -0.1) is 46.7 Å². The fourth-order valence-corrected chi connectivity index (χ4v) is 5.85. The van der Waals surface area contributed by atoms with Crippen molar-refractivity contribution in [3.63, 3.8) is 0 Å². The zero-order valence-corrected chi connectivity index (χ0v) is 21.5. The second kappa shape index (κ2) is 11.4. The van der Waals surface area contributed by atoms with Crippen molar-refractivity contribution in [2.24, 2.45) is 4.99 Å². The average molecular weight is 558 g/mol. The van der Waals surface area contributed by atoms with Crippen LogP contribution in [-0.4, -0.2) is 39.5 Å². The third kappa shape index (κ3) is 7.25. The summed E-state index contributed by atoms with van der Waals surface area (Å²) >= 11 is 3.10. The van der Waals surface area contributed by atoms with Gasteiger partial charge in [0.1, 0.15) is 5.01 Å². The van der Waals surface area contributed by atoms with Gasteiger partial charge in [0.15, 0.2) is 5.96 Å². The van der Waals surface area contributed by atoms with Crippen LogP contribution < -0.4 is 15.4 Å². The highest BCUT2D eigenvalue weighted by atomic mass is 127. The lowest BCUT2D eigenvalue weighted by Gasteiger charge is -2.11. The van der Waals surface area contributed by atoms with Gasteiger partial charge >= 0.3 is 0 Å². The summed E-state index contributed by atoms with van der Waals surface area (Å²) in [5.74, 6) is 1.02. The van der Waals surface area contributed by atoms with Gasteiger partial charge in [0.25, 0.3) is 0 Å². The molecule has 2 rings (SSSR count). The van der Waals surface area contributed by atoms with Crippen molar-refractivity contribution in [1.29, 1.82) is 0 Å². The number of aromatic nitrogens is 1. The normalized spacial score (nSPS) is 12.1. The fraction of sp³-hybridized carbons (Fsp3) is 0.529. The molecule has 0 aliphatic rings. The number of hydrogen-bond donors (Lipinski definition) is 3. The molecule has 3 N–H and O–H groups in total. The van der Waals surface area contributed by atoms with E-state index < -0.39 is 10.0 Å². The predicted octanol–water partition coefficient (Wildman–Crippen LogP) is 3.21. The quantitative estimate of drug-likeness (QED) is 0.201. The van der Waals surface area contributed by atoms with Crippen LogP contribution in [0.3, 0.4) is 0 Å². The first-order valence-corrected chi connectivity index (χ1v) is 11.9. The van der Waals surface area contributed by atoms with Crippen molar-refractivity contribution in [2.75, 3.05) is 20.1 Å². The van der Waals surface area contributed by atoms with Crippen molar-refractivity contribution in [1.82, 2.24) is 20.3 Å². The summed E-state index contributed by atoms with van der Waals surface area (Å²) < 4.78 is 27.3. The van der Waals surface area contributed by atoms with E-state index in [-0.39, 0.29) is 30.5 Å². The van der Waals surface area contributed by atoms with E-state index in [1.165, 1.54) is 11.3 Å². The Morgan fingerprint density at radius 2 is 1.96 bits per heavy atom. The third-order valence-corrected chi connectivity index (χ3v) is 7.34. The van der Waals surface area contributed by atoms with E-state index in [4.69, 9.17) is 0 Å². The van der Waals surface area contributed by atoms with Gasteiger partial charge in [-0.3, -0.25) is 4.99 Å². The molecule has 11 heteroatoms. The first-order chi connectivity index (χ1) is 12.7. The highest BCUT2D eigenvalue weighted by Crippen LogP contribution is 2.24. The minimum Gasteiger partial charge on any atom is -0.355 e. The lowest BCUT2D eigenvalue weighted by Crippen LogP contribution is -2.41. The second-order valence-corrected chi connectivity index (χ2v) is 10.5. The van der Waals surface area contributed by atoms with E-state index in [0.29, 0.717) is 29.9 Å². The smallest absolute Gasteiger partial charge is 0.241 e. The Hall–Kier alpha value is -0.760. The van der Waals surface area contributed by atoms with Gasteiger partial charge in [-0.1, -0.05) is 13.8 Å². The van der Waals surface area contributed by atoms with Gasteiger partial charge in [-0.25, -0.2) is 18.1 Å². The number of sulfonamides is 1. The molecule has 2 aromatic heterocycles. The van der Waals surface area contributed by atoms with E-state index in [0.717, 1.165) is 20.5 Å². The summed E-state index contributed by atoms with van der Waals surface area (Å²) in [6.07, 6.45) is 0. The number of halogens is 1. The van der Waals surface area contributed by atoms with E-state index >= 15 is 0 Å². The fourth-order valence-electron chi connectivity index (χ4n) is 2.37. The van der Waals surface area contributed by atoms with Crippen LogP contribution in [0.5, 0.6) is 0 Å². The van der Waals surface area contributed by atoms with Gasteiger partial charge in [0.05, 0.1) is 17.1 Å².